The maximum atomic E-state index is 6.16. The van der Waals surface area contributed by atoms with Gasteiger partial charge < -0.3 is 19.6 Å². The van der Waals surface area contributed by atoms with Gasteiger partial charge in [-0.2, -0.15) is 0 Å². The molecule has 2 aromatic carbocycles. The van der Waals surface area contributed by atoms with E-state index >= 15 is 0 Å². The average Bonchev–Trinajstić information content (AvgIpc) is 2.91. The molecule has 0 saturated carbocycles. The van der Waals surface area contributed by atoms with Gasteiger partial charge in [-0.3, -0.25) is 4.90 Å². The van der Waals surface area contributed by atoms with E-state index in [1.54, 1.807) is 0 Å². The van der Waals surface area contributed by atoms with Gasteiger partial charge >= 0.3 is 0 Å². The number of benzene rings is 2. The molecule has 1 saturated heterocycles. The van der Waals surface area contributed by atoms with Crippen LogP contribution < -0.4 is 19.6 Å². The van der Waals surface area contributed by atoms with E-state index in [-0.39, 0.29) is 5.54 Å². The Balaban J connectivity index is 1.93. The lowest BCUT2D eigenvalue weighted by Gasteiger charge is -2.50. The third-order valence-corrected chi connectivity index (χ3v) is 8.35. The second kappa shape index (κ2) is 13.5. The first-order valence-corrected chi connectivity index (χ1v) is 14.7. The predicted octanol–water partition coefficient (Wildman–Crippen LogP) is 7.57. The fourth-order valence-electron chi connectivity index (χ4n) is 5.25. The molecule has 0 amide bonds. The summed E-state index contributed by atoms with van der Waals surface area (Å²) in [7, 11) is 0. The van der Waals surface area contributed by atoms with Crippen LogP contribution in [0.5, 0.6) is 0 Å². The van der Waals surface area contributed by atoms with E-state index in [2.05, 4.69) is 121 Å². The minimum Gasteiger partial charge on any atom is -0.372 e. The number of anilines is 4. The number of thiocarbonyl (C=S) groups is 1. The normalized spacial score (nSPS) is 14.8. The van der Waals surface area contributed by atoms with E-state index in [4.69, 9.17) is 12.2 Å². The van der Waals surface area contributed by atoms with E-state index in [1.165, 1.54) is 37.1 Å². The van der Waals surface area contributed by atoms with Gasteiger partial charge in [0.15, 0.2) is 5.11 Å². The van der Waals surface area contributed by atoms with Crippen molar-refractivity contribution in [3.8, 4) is 0 Å². The van der Waals surface area contributed by atoms with Crippen LogP contribution in [-0.2, 0) is 0 Å². The molecule has 1 heterocycles. The maximum Gasteiger partial charge on any atom is 0.182 e. The molecule has 0 radical (unpaired) electrons. The van der Waals surface area contributed by atoms with Crippen LogP contribution in [0.1, 0.15) is 74.1 Å². The van der Waals surface area contributed by atoms with Crippen molar-refractivity contribution < 1.29 is 0 Å². The number of hydrogen-bond acceptors (Lipinski definition) is 4. The molecule has 37 heavy (non-hydrogen) atoms. The number of hydrogen-bond donors (Lipinski definition) is 0. The summed E-state index contributed by atoms with van der Waals surface area (Å²) in [5.74, 6) is 0. The Hall–Kier alpha value is -2.31. The molecule has 2 aromatic rings. The van der Waals surface area contributed by atoms with E-state index in [1.807, 2.05) is 0 Å². The van der Waals surface area contributed by atoms with Crippen LogP contribution in [0.3, 0.4) is 0 Å². The average molecular weight is 524 g/mol. The molecular formula is C31H49N5S. The van der Waals surface area contributed by atoms with Crippen LogP contribution in [-0.4, -0.2) is 55.1 Å². The molecule has 0 unspecified atom stereocenters. The predicted molar refractivity (Wildman–Crippen MR) is 167 cm³/mol. The Morgan fingerprint density at radius 2 is 1.08 bits per heavy atom. The summed E-state index contributed by atoms with van der Waals surface area (Å²) in [4.78, 5) is 12.0. The molecule has 0 spiro atoms. The summed E-state index contributed by atoms with van der Waals surface area (Å²) >= 11 is 6.16. The van der Waals surface area contributed by atoms with Crippen molar-refractivity contribution >= 4 is 40.1 Å². The molecule has 6 heteroatoms. The van der Waals surface area contributed by atoms with E-state index in [9.17, 15) is 0 Å². The lowest BCUT2D eigenvalue weighted by molar-refractivity contribution is 0.109. The number of rotatable bonds is 13. The molecule has 5 nitrogen and oxygen atoms in total. The number of nitrogens with zero attached hydrogens (tertiary/aromatic N) is 5. The second-order valence-electron chi connectivity index (χ2n) is 10.6. The van der Waals surface area contributed by atoms with Crippen LogP contribution in [0, 0.1) is 0 Å². The van der Waals surface area contributed by atoms with Crippen molar-refractivity contribution in [3.63, 3.8) is 0 Å². The smallest absolute Gasteiger partial charge is 0.182 e. The molecule has 204 valence electrons. The molecule has 1 aliphatic heterocycles. The minimum atomic E-state index is 0.0734. The van der Waals surface area contributed by atoms with Crippen molar-refractivity contribution in [1.82, 2.24) is 4.90 Å². The zero-order chi connectivity index (χ0) is 27.0. The summed E-state index contributed by atoms with van der Waals surface area (Å²) in [5, 5.41) is 0.867. The van der Waals surface area contributed by atoms with Crippen LogP contribution in [0.4, 0.5) is 22.7 Å². The Kier molecular flexibility index (Phi) is 10.7. The number of unbranched alkanes of at least 4 members (excludes halogenated alkanes) is 2. The molecule has 1 aliphatic rings. The quantitative estimate of drug-likeness (QED) is 0.197. The Bertz CT molecular complexity index is 897. The van der Waals surface area contributed by atoms with Crippen molar-refractivity contribution in [1.29, 1.82) is 0 Å². The Labute approximate surface area is 232 Å². The summed E-state index contributed by atoms with van der Waals surface area (Å²) in [5.41, 5.74) is 4.90. The lowest BCUT2D eigenvalue weighted by Crippen LogP contribution is -2.63. The SMILES string of the molecule is CCCCCC(C)(C)N1CN(c2ccc(N(CC)CC)cc2)C(=S)N(c2ccc(N(CC)CC)cc2)C1. The highest BCUT2D eigenvalue weighted by molar-refractivity contribution is 7.80. The van der Waals surface area contributed by atoms with Crippen molar-refractivity contribution in [3.05, 3.63) is 48.5 Å². The molecule has 0 bridgehead atoms. The van der Waals surface area contributed by atoms with Gasteiger partial charge in [-0.15, -0.1) is 0 Å². The molecule has 1 fully saturated rings. The lowest BCUT2D eigenvalue weighted by atomic mass is 9.94. The van der Waals surface area contributed by atoms with Gasteiger partial charge in [0.1, 0.15) is 0 Å². The molecule has 0 aromatic heterocycles. The van der Waals surface area contributed by atoms with E-state index < -0.39 is 0 Å². The van der Waals surface area contributed by atoms with Gasteiger partial charge in [-0.05, 0) is 109 Å². The van der Waals surface area contributed by atoms with Gasteiger partial charge in [0, 0.05) is 54.5 Å². The minimum absolute atomic E-state index is 0.0734. The molecule has 3 rings (SSSR count). The Morgan fingerprint density at radius 3 is 1.43 bits per heavy atom. The zero-order valence-corrected chi connectivity index (χ0v) is 25.2. The summed E-state index contributed by atoms with van der Waals surface area (Å²) < 4.78 is 0. The van der Waals surface area contributed by atoms with Crippen LogP contribution >= 0.6 is 12.2 Å². The molecule has 0 N–H and O–H groups in total. The van der Waals surface area contributed by atoms with Crippen LogP contribution in [0.2, 0.25) is 0 Å². The van der Waals surface area contributed by atoms with Gasteiger partial charge in [0.2, 0.25) is 0 Å². The first kappa shape index (κ1) is 29.2. The largest absolute Gasteiger partial charge is 0.372 e. The highest BCUT2D eigenvalue weighted by Gasteiger charge is 2.36. The molecular weight excluding hydrogens is 474 g/mol. The van der Waals surface area contributed by atoms with Gasteiger partial charge in [-0.25, -0.2) is 0 Å². The third-order valence-electron chi connectivity index (χ3n) is 7.91. The van der Waals surface area contributed by atoms with Gasteiger partial charge in [-0.1, -0.05) is 26.2 Å². The standard InChI is InChI=1S/C31H49N5S/c1-8-13-14-23-31(6,7)34-24-35(28-19-15-26(16-20-28)32(9-2)10-3)30(37)36(25-34)29-21-17-27(18-22-29)33(11-4)12-5/h15-22H,8-14,23-25H2,1-7H3. The highest BCUT2D eigenvalue weighted by Crippen LogP contribution is 2.32. The second-order valence-corrected chi connectivity index (χ2v) is 11.0. The fraction of sp³-hybridized carbons (Fsp3) is 0.581. The van der Waals surface area contributed by atoms with Gasteiger partial charge in [0.25, 0.3) is 0 Å². The molecule has 0 aliphatic carbocycles. The first-order valence-electron chi connectivity index (χ1n) is 14.3. The van der Waals surface area contributed by atoms with Crippen molar-refractivity contribution in [2.45, 2.75) is 79.7 Å². The molecule has 0 atom stereocenters. The topological polar surface area (TPSA) is 16.2 Å². The summed E-state index contributed by atoms with van der Waals surface area (Å²) in [6, 6.07) is 17.9. The monoisotopic (exact) mass is 523 g/mol. The fourth-order valence-corrected chi connectivity index (χ4v) is 5.58. The Morgan fingerprint density at radius 1 is 0.676 bits per heavy atom. The van der Waals surface area contributed by atoms with Crippen molar-refractivity contribution in [2.24, 2.45) is 0 Å². The maximum absolute atomic E-state index is 6.16. The van der Waals surface area contributed by atoms with Crippen LogP contribution in [0.25, 0.3) is 0 Å². The van der Waals surface area contributed by atoms with Gasteiger partial charge in [0.05, 0.1) is 13.3 Å². The summed E-state index contributed by atoms with van der Waals surface area (Å²) in [6.07, 6.45) is 4.96. The van der Waals surface area contributed by atoms with E-state index in [0.717, 1.165) is 56.0 Å². The van der Waals surface area contributed by atoms with Crippen molar-refractivity contribution in [2.75, 3.05) is 59.1 Å². The van der Waals surface area contributed by atoms with E-state index in [0.29, 0.717) is 0 Å². The van der Waals surface area contributed by atoms with Crippen LogP contribution in [0.15, 0.2) is 48.5 Å². The third kappa shape index (κ3) is 6.97. The highest BCUT2D eigenvalue weighted by atomic mass is 32.1. The summed E-state index contributed by atoms with van der Waals surface area (Å²) in [6.45, 7) is 21.5. The zero-order valence-electron chi connectivity index (χ0n) is 24.3. The first-order chi connectivity index (χ1) is 17.8.